The summed E-state index contributed by atoms with van der Waals surface area (Å²) in [6, 6.07) is 12.8. The van der Waals surface area contributed by atoms with Gasteiger partial charge in [-0.15, -0.1) is 0 Å². The normalized spacial score (nSPS) is 11.0. The van der Waals surface area contributed by atoms with Gasteiger partial charge in [0, 0.05) is 5.39 Å². The van der Waals surface area contributed by atoms with Crippen molar-refractivity contribution in [3.8, 4) is 0 Å². The number of fused-ring (bicyclic) bond motifs is 2. The molecule has 118 valence electrons. The third kappa shape index (κ3) is 2.44. The van der Waals surface area contributed by atoms with Gasteiger partial charge < -0.3 is 0 Å². The second-order valence-electron chi connectivity index (χ2n) is 5.39. The summed E-state index contributed by atoms with van der Waals surface area (Å²) in [5, 5.41) is 10.5. The molecule has 7 heteroatoms. The maximum atomic E-state index is 12.6. The van der Waals surface area contributed by atoms with Gasteiger partial charge in [0.25, 0.3) is 11.5 Å². The van der Waals surface area contributed by atoms with Crippen LogP contribution in [0.5, 0.6) is 0 Å². The Balaban J connectivity index is 1.73. The molecule has 0 radical (unpaired) electrons. The van der Waals surface area contributed by atoms with Crippen molar-refractivity contribution in [3.63, 3.8) is 0 Å². The maximum absolute atomic E-state index is 12.6. The number of carbonyl (C=O) groups is 1. The van der Waals surface area contributed by atoms with Crippen molar-refractivity contribution in [2.75, 3.05) is 5.32 Å². The van der Waals surface area contributed by atoms with Gasteiger partial charge in [-0.2, -0.15) is 5.10 Å². The molecular formula is C17H12N4O2S. The molecule has 0 spiro atoms. The molecule has 2 N–H and O–H groups in total. The first-order valence-corrected chi connectivity index (χ1v) is 8.09. The zero-order chi connectivity index (χ0) is 16.7. The van der Waals surface area contributed by atoms with Crippen LogP contribution in [0.4, 0.5) is 5.13 Å². The Labute approximate surface area is 140 Å². The fraction of sp³-hybridized carbons (Fsp3) is 0.0588. The molecule has 2 aromatic carbocycles. The summed E-state index contributed by atoms with van der Waals surface area (Å²) in [7, 11) is 0. The molecule has 0 fully saturated rings. The van der Waals surface area contributed by atoms with Gasteiger partial charge >= 0.3 is 0 Å². The molecular weight excluding hydrogens is 324 g/mol. The minimum atomic E-state index is -0.404. The number of nitrogens with zero attached hydrogens (tertiary/aromatic N) is 2. The van der Waals surface area contributed by atoms with E-state index in [2.05, 4.69) is 20.5 Å². The van der Waals surface area contributed by atoms with Crippen molar-refractivity contribution >= 4 is 43.4 Å². The van der Waals surface area contributed by atoms with Crippen molar-refractivity contribution in [2.45, 2.75) is 6.92 Å². The largest absolute Gasteiger partial charge is 0.296 e. The molecule has 0 saturated heterocycles. The molecule has 4 aromatic rings. The molecule has 24 heavy (non-hydrogen) atoms. The first-order chi connectivity index (χ1) is 11.6. The number of anilines is 1. The van der Waals surface area contributed by atoms with Crippen LogP contribution in [0.2, 0.25) is 0 Å². The smallest absolute Gasteiger partial charge is 0.278 e. The Kier molecular flexibility index (Phi) is 3.35. The Morgan fingerprint density at radius 3 is 2.79 bits per heavy atom. The summed E-state index contributed by atoms with van der Waals surface area (Å²) < 4.78 is 1.00. The van der Waals surface area contributed by atoms with Crippen molar-refractivity contribution in [2.24, 2.45) is 0 Å². The van der Waals surface area contributed by atoms with Crippen LogP contribution in [0.25, 0.3) is 21.0 Å². The van der Waals surface area contributed by atoms with Gasteiger partial charge in [-0.1, -0.05) is 35.6 Å². The number of hydrogen-bond acceptors (Lipinski definition) is 5. The zero-order valence-electron chi connectivity index (χ0n) is 12.7. The van der Waals surface area contributed by atoms with E-state index in [0.29, 0.717) is 15.9 Å². The topological polar surface area (TPSA) is 87.7 Å². The first kappa shape index (κ1) is 14.5. The van der Waals surface area contributed by atoms with Crippen LogP contribution in [0.3, 0.4) is 0 Å². The molecule has 1 amide bonds. The Morgan fingerprint density at radius 1 is 1.17 bits per heavy atom. The minimum Gasteiger partial charge on any atom is -0.296 e. The highest BCUT2D eigenvalue weighted by Gasteiger charge is 2.16. The molecule has 0 aliphatic rings. The lowest BCUT2D eigenvalue weighted by Gasteiger charge is -2.04. The Hall–Kier alpha value is -3.06. The van der Waals surface area contributed by atoms with E-state index in [-0.39, 0.29) is 11.3 Å². The zero-order valence-corrected chi connectivity index (χ0v) is 13.5. The maximum Gasteiger partial charge on any atom is 0.278 e. The lowest BCUT2D eigenvalue weighted by atomic mass is 10.1. The number of H-pyrrole nitrogens is 1. The molecule has 0 aliphatic carbocycles. The van der Waals surface area contributed by atoms with E-state index >= 15 is 0 Å². The van der Waals surface area contributed by atoms with Crippen molar-refractivity contribution in [1.29, 1.82) is 0 Å². The lowest BCUT2D eigenvalue weighted by Crippen LogP contribution is -2.19. The van der Waals surface area contributed by atoms with E-state index in [9.17, 15) is 9.59 Å². The van der Waals surface area contributed by atoms with Crippen LogP contribution in [0.15, 0.2) is 47.3 Å². The fourth-order valence-electron chi connectivity index (χ4n) is 2.53. The quantitative estimate of drug-likeness (QED) is 0.589. The molecule has 0 atom stereocenters. The SMILES string of the molecule is Cc1ccc2nc(NC(=O)c3n[nH]c(=O)c4ccccc34)sc2c1. The molecule has 0 bridgehead atoms. The van der Waals surface area contributed by atoms with Gasteiger partial charge in [-0.3, -0.25) is 14.9 Å². The van der Waals surface area contributed by atoms with Crippen molar-refractivity contribution in [1.82, 2.24) is 15.2 Å². The number of nitrogens with one attached hydrogen (secondary N) is 2. The predicted octanol–water partition coefficient (Wildman–Crippen LogP) is 3.09. The number of aromatic nitrogens is 3. The van der Waals surface area contributed by atoms with Crippen LogP contribution in [0.1, 0.15) is 16.1 Å². The number of hydrogen-bond donors (Lipinski definition) is 2. The summed E-state index contributed by atoms with van der Waals surface area (Å²) >= 11 is 1.40. The number of aromatic amines is 1. The Bertz CT molecular complexity index is 1150. The van der Waals surface area contributed by atoms with E-state index in [0.717, 1.165) is 15.8 Å². The summed E-state index contributed by atoms with van der Waals surface area (Å²) in [5.74, 6) is -0.404. The number of rotatable bonds is 2. The van der Waals surface area contributed by atoms with Gasteiger partial charge in [0.2, 0.25) is 0 Å². The average Bonchev–Trinajstić information content (AvgIpc) is 2.96. The fourth-order valence-corrected chi connectivity index (χ4v) is 3.49. The van der Waals surface area contributed by atoms with Gasteiger partial charge in [0.05, 0.1) is 15.6 Å². The summed E-state index contributed by atoms with van der Waals surface area (Å²) in [4.78, 5) is 28.8. The number of amides is 1. The molecule has 6 nitrogen and oxygen atoms in total. The summed E-state index contributed by atoms with van der Waals surface area (Å²) in [6.07, 6.45) is 0. The van der Waals surface area contributed by atoms with Crippen LogP contribution < -0.4 is 10.9 Å². The van der Waals surface area contributed by atoms with Gasteiger partial charge in [-0.05, 0) is 30.7 Å². The van der Waals surface area contributed by atoms with Crippen LogP contribution in [-0.2, 0) is 0 Å². The van der Waals surface area contributed by atoms with Gasteiger partial charge in [0.1, 0.15) is 0 Å². The van der Waals surface area contributed by atoms with Crippen LogP contribution in [-0.4, -0.2) is 21.1 Å². The van der Waals surface area contributed by atoms with E-state index in [4.69, 9.17) is 0 Å². The first-order valence-electron chi connectivity index (χ1n) is 7.28. The standard InChI is InChI=1S/C17H12N4O2S/c1-9-6-7-12-13(8-9)24-17(18-12)19-16(23)14-10-4-2-3-5-11(10)15(22)21-20-14/h2-8H,1H3,(H,21,22)(H,18,19,23). The molecule has 0 aliphatic heterocycles. The third-order valence-electron chi connectivity index (χ3n) is 3.68. The molecule has 2 aromatic heterocycles. The third-order valence-corrected chi connectivity index (χ3v) is 4.61. The average molecular weight is 336 g/mol. The molecule has 0 unspecified atom stereocenters. The number of benzene rings is 2. The van der Waals surface area contributed by atoms with Crippen LogP contribution in [0, 0.1) is 6.92 Å². The number of carbonyl (C=O) groups excluding carboxylic acids is 1. The van der Waals surface area contributed by atoms with E-state index < -0.39 is 5.91 Å². The lowest BCUT2D eigenvalue weighted by molar-refractivity contribution is 0.102. The van der Waals surface area contributed by atoms with Crippen LogP contribution >= 0.6 is 11.3 Å². The summed E-state index contributed by atoms with van der Waals surface area (Å²) in [6.45, 7) is 2.01. The monoisotopic (exact) mass is 336 g/mol. The minimum absolute atomic E-state index is 0.167. The highest BCUT2D eigenvalue weighted by Crippen LogP contribution is 2.27. The summed E-state index contributed by atoms with van der Waals surface area (Å²) in [5.41, 5.74) is 1.82. The molecule has 0 saturated carbocycles. The van der Waals surface area contributed by atoms with Crippen molar-refractivity contribution in [3.05, 3.63) is 64.1 Å². The second-order valence-corrected chi connectivity index (χ2v) is 6.42. The molecule has 2 heterocycles. The number of aryl methyl sites for hydroxylation is 1. The second kappa shape index (κ2) is 5.54. The van der Waals surface area contributed by atoms with E-state index in [1.54, 1.807) is 24.3 Å². The van der Waals surface area contributed by atoms with Crippen molar-refractivity contribution < 1.29 is 4.79 Å². The van der Waals surface area contributed by atoms with Gasteiger partial charge in [-0.25, -0.2) is 10.1 Å². The highest BCUT2D eigenvalue weighted by atomic mass is 32.1. The highest BCUT2D eigenvalue weighted by molar-refractivity contribution is 7.22. The molecule has 4 rings (SSSR count). The van der Waals surface area contributed by atoms with Gasteiger partial charge in [0.15, 0.2) is 10.8 Å². The predicted molar refractivity (Wildman–Crippen MR) is 94.7 cm³/mol. The number of thiazole rings is 1. The van der Waals surface area contributed by atoms with E-state index in [1.807, 2.05) is 25.1 Å². The Morgan fingerprint density at radius 2 is 1.96 bits per heavy atom. The van der Waals surface area contributed by atoms with E-state index in [1.165, 1.54) is 11.3 Å².